The number of halogens is 1. The summed E-state index contributed by atoms with van der Waals surface area (Å²) in [6.07, 6.45) is 0.794. The Balaban J connectivity index is 1.24. The van der Waals surface area contributed by atoms with Crippen molar-refractivity contribution in [2.45, 2.75) is 12.5 Å². The smallest absolute Gasteiger partial charge is 0.259 e. The minimum atomic E-state index is -0.362. The van der Waals surface area contributed by atoms with E-state index in [2.05, 4.69) is 54.9 Å². The first-order valence-electron chi connectivity index (χ1n) is 9.97. The summed E-state index contributed by atoms with van der Waals surface area (Å²) < 4.78 is 20.0. The van der Waals surface area contributed by atoms with E-state index in [1.807, 2.05) is 0 Å². The van der Waals surface area contributed by atoms with Gasteiger partial charge in [-0.2, -0.15) is 19.5 Å². The maximum absolute atomic E-state index is 13.5. The number of hydrogen-bond donors (Lipinski definition) is 3. The quantitative estimate of drug-likeness (QED) is 0.417. The van der Waals surface area contributed by atoms with Crippen LogP contribution in [0, 0.1) is 5.82 Å². The summed E-state index contributed by atoms with van der Waals surface area (Å²) in [7, 11) is 0. The Morgan fingerprint density at radius 1 is 1.10 bits per heavy atom. The summed E-state index contributed by atoms with van der Waals surface area (Å²) in [5, 5.41) is 10.9. The Labute approximate surface area is 177 Å². The van der Waals surface area contributed by atoms with Crippen LogP contribution >= 0.6 is 0 Å². The van der Waals surface area contributed by atoms with Crippen molar-refractivity contribution in [2.75, 3.05) is 36.1 Å². The lowest BCUT2D eigenvalue weighted by Gasteiger charge is -2.27. The SMILES string of the molecule is Nc1nc(NCCc2ccc(NC3COC3)cc2)nc2nc(-c3cccc(F)c3)nn12. The molecule has 2 aromatic carbocycles. The number of nitrogens with two attached hydrogens (primary N) is 1. The molecule has 4 aromatic rings. The number of nitrogens with one attached hydrogen (secondary N) is 2. The molecule has 0 bridgehead atoms. The summed E-state index contributed by atoms with van der Waals surface area (Å²) in [4.78, 5) is 13.0. The third-order valence-electron chi connectivity index (χ3n) is 4.98. The fraction of sp³-hybridized carbons (Fsp3) is 0.238. The average Bonchev–Trinajstić information content (AvgIpc) is 3.17. The molecule has 0 spiro atoms. The van der Waals surface area contributed by atoms with Crippen molar-refractivity contribution in [3.8, 4) is 11.4 Å². The molecule has 1 aliphatic heterocycles. The summed E-state index contributed by atoms with van der Waals surface area (Å²) in [6.45, 7) is 2.15. The largest absolute Gasteiger partial charge is 0.378 e. The molecular weight excluding hydrogens is 399 g/mol. The van der Waals surface area contributed by atoms with Crippen LogP contribution in [-0.2, 0) is 11.2 Å². The van der Waals surface area contributed by atoms with Crippen LogP contribution in [0.1, 0.15) is 5.56 Å². The van der Waals surface area contributed by atoms with E-state index in [1.165, 1.54) is 22.2 Å². The lowest BCUT2D eigenvalue weighted by molar-refractivity contribution is 0.0211. The van der Waals surface area contributed by atoms with Gasteiger partial charge in [0.25, 0.3) is 5.78 Å². The van der Waals surface area contributed by atoms with Crippen LogP contribution in [-0.4, -0.2) is 50.4 Å². The molecular formula is C21H21FN8O. The van der Waals surface area contributed by atoms with Gasteiger partial charge < -0.3 is 21.1 Å². The molecule has 4 N–H and O–H groups in total. The molecule has 0 saturated carbocycles. The molecule has 0 radical (unpaired) electrons. The van der Waals surface area contributed by atoms with Gasteiger partial charge in [-0.3, -0.25) is 0 Å². The first-order valence-corrected chi connectivity index (χ1v) is 9.97. The van der Waals surface area contributed by atoms with Crippen molar-refractivity contribution in [3.05, 3.63) is 59.9 Å². The molecule has 31 heavy (non-hydrogen) atoms. The zero-order valence-electron chi connectivity index (χ0n) is 16.6. The Bertz CT molecular complexity index is 1210. The average molecular weight is 420 g/mol. The van der Waals surface area contributed by atoms with Gasteiger partial charge in [-0.25, -0.2) is 4.39 Å². The molecule has 1 fully saturated rings. The van der Waals surface area contributed by atoms with Crippen molar-refractivity contribution in [1.29, 1.82) is 0 Å². The van der Waals surface area contributed by atoms with Crippen LogP contribution in [0.2, 0.25) is 0 Å². The molecule has 10 heteroatoms. The monoisotopic (exact) mass is 420 g/mol. The molecule has 158 valence electrons. The third kappa shape index (κ3) is 4.24. The molecule has 3 heterocycles. The van der Waals surface area contributed by atoms with Crippen LogP contribution in [0.5, 0.6) is 0 Å². The summed E-state index contributed by atoms with van der Waals surface area (Å²) in [6, 6.07) is 14.8. The van der Waals surface area contributed by atoms with E-state index in [0.717, 1.165) is 25.3 Å². The zero-order valence-corrected chi connectivity index (χ0v) is 16.6. The predicted octanol–water partition coefficient (Wildman–Crippen LogP) is 2.37. The number of benzene rings is 2. The minimum absolute atomic E-state index is 0.151. The van der Waals surface area contributed by atoms with E-state index in [1.54, 1.807) is 12.1 Å². The Morgan fingerprint density at radius 2 is 1.94 bits per heavy atom. The van der Waals surface area contributed by atoms with E-state index in [0.29, 0.717) is 35.7 Å². The zero-order chi connectivity index (χ0) is 21.2. The van der Waals surface area contributed by atoms with Crippen LogP contribution in [0.3, 0.4) is 0 Å². The van der Waals surface area contributed by atoms with Gasteiger partial charge in [-0.15, -0.1) is 5.10 Å². The third-order valence-corrected chi connectivity index (χ3v) is 4.98. The molecule has 1 saturated heterocycles. The predicted molar refractivity (Wildman–Crippen MR) is 115 cm³/mol. The second-order valence-corrected chi connectivity index (χ2v) is 7.32. The summed E-state index contributed by atoms with van der Waals surface area (Å²) in [5.41, 5.74) is 8.83. The lowest BCUT2D eigenvalue weighted by atomic mass is 10.1. The maximum atomic E-state index is 13.5. The molecule has 5 rings (SSSR count). The van der Waals surface area contributed by atoms with Crippen molar-refractivity contribution < 1.29 is 9.13 Å². The first-order chi connectivity index (χ1) is 15.1. The highest BCUT2D eigenvalue weighted by Gasteiger charge is 2.17. The second-order valence-electron chi connectivity index (χ2n) is 7.32. The van der Waals surface area contributed by atoms with E-state index in [4.69, 9.17) is 10.5 Å². The number of nitrogen functional groups attached to an aromatic ring is 1. The molecule has 0 atom stereocenters. The summed E-state index contributed by atoms with van der Waals surface area (Å²) in [5.74, 6) is 0.785. The number of hydrogen-bond acceptors (Lipinski definition) is 8. The van der Waals surface area contributed by atoms with Gasteiger partial charge in [0.2, 0.25) is 11.9 Å². The highest BCUT2D eigenvalue weighted by atomic mass is 19.1. The number of aromatic nitrogens is 5. The van der Waals surface area contributed by atoms with Gasteiger partial charge >= 0.3 is 0 Å². The molecule has 0 unspecified atom stereocenters. The molecule has 9 nitrogen and oxygen atoms in total. The standard InChI is InChI=1S/C21H21FN8O/c22-15-3-1-2-14(10-15)18-26-21-28-20(27-19(23)30(21)29-18)24-9-8-13-4-6-16(7-5-13)25-17-11-31-12-17/h1-7,10,17,25H,8-9,11-12H2,(H3,23,24,26,27,28,29). The number of ether oxygens (including phenoxy) is 1. The van der Waals surface area contributed by atoms with Gasteiger partial charge in [0, 0.05) is 17.8 Å². The second kappa shape index (κ2) is 8.15. The fourth-order valence-electron chi connectivity index (χ4n) is 3.28. The highest BCUT2D eigenvalue weighted by molar-refractivity contribution is 5.58. The number of nitrogens with zero attached hydrogens (tertiary/aromatic N) is 5. The van der Waals surface area contributed by atoms with Crippen molar-refractivity contribution in [1.82, 2.24) is 24.6 Å². The minimum Gasteiger partial charge on any atom is -0.378 e. The number of rotatable bonds is 7. The molecule has 2 aromatic heterocycles. The fourth-order valence-corrected chi connectivity index (χ4v) is 3.28. The van der Waals surface area contributed by atoms with Gasteiger partial charge in [-0.1, -0.05) is 24.3 Å². The lowest BCUT2D eigenvalue weighted by Crippen LogP contribution is -2.40. The van der Waals surface area contributed by atoms with Crippen LogP contribution in [0.15, 0.2) is 48.5 Å². The Morgan fingerprint density at radius 3 is 2.68 bits per heavy atom. The highest BCUT2D eigenvalue weighted by Crippen LogP contribution is 2.18. The van der Waals surface area contributed by atoms with Crippen LogP contribution < -0.4 is 16.4 Å². The van der Waals surface area contributed by atoms with Gasteiger partial charge in [0.1, 0.15) is 5.82 Å². The van der Waals surface area contributed by atoms with E-state index >= 15 is 0 Å². The number of anilines is 3. The summed E-state index contributed by atoms with van der Waals surface area (Å²) >= 11 is 0. The van der Waals surface area contributed by atoms with Gasteiger partial charge in [0.05, 0.1) is 19.3 Å². The van der Waals surface area contributed by atoms with E-state index in [-0.39, 0.29) is 11.8 Å². The molecule has 0 aliphatic carbocycles. The van der Waals surface area contributed by atoms with Gasteiger partial charge in [0.15, 0.2) is 5.82 Å². The van der Waals surface area contributed by atoms with Gasteiger partial charge in [-0.05, 0) is 36.2 Å². The van der Waals surface area contributed by atoms with Crippen molar-refractivity contribution in [2.24, 2.45) is 0 Å². The topological polar surface area (TPSA) is 115 Å². The Kier molecular flexibility index (Phi) is 5.04. The van der Waals surface area contributed by atoms with Crippen LogP contribution in [0.25, 0.3) is 17.2 Å². The van der Waals surface area contributed by atoms with E-state index in [9.17, 15) is 4.39 Å². The normalized spacial score (nSPS) is 13.8. The Hall–Kier alpha value is -3.79. The number of fused-ring (bicyclic) bond motifs is 1. The van der Waals surface area contributed by atoms with Crippen LogP contribution in [0.4, 0.5) is 22.0 Å². The molecule has 0 amide bonds. The van der Waals surface area contributed by atoms with E-state index < -0.39 is 0 Å². The first kappa shape index (κ1) is 19.2. The van der Waals surface area contributed by atoms with Crippen molar-refractivity contribution in [3.63, 3.8) is 0 Å². The maximum Gasteiger partial charge on any atom is 0.259 e. The molecule has 1 aliphatic rings. The van der Waals surface area contributed by atoms with Crippen molar-refractivity contribution >= 4 is 23.4 Å².